The number of nitrogens with zero attached hydrogens (tertiary/aromatic N) is 1. The van der Waals surface area contributed by atoms with E-state index in [0.29, 0.717) is 0 Å². The molecule has 0 radical (unpaired) electrons. The molecule has 0 aliphatic rings. The lowest BCUT2D eigenvalue weighted by molar-refractivity contribution is 1.56. The second-order valence-electron chi connectivity index (χ2n) is 7.70. The average molecular weight is 381 g/mol. The third kappa shape index (κ3) is 2.46. The van der Waals surface area contributed by atoms with E-state index >= 15 is 0 Å². The second kappa shape index (κ2) is 6.53. The first kappa shape index (κ1) is 16.9. The van der Waals surface area contributed by atoms with Crippen molar-refractivity contribution in [3.05, 3.63) is 109 Å². The molecule has 0 saturated heterocycles. The highest BCUT2D eigenvalue weighted by molar-refractivity contribution is 6.33. The molecule has 1 heteroatoms. The SMILES string of the molecule is C=Cc1ccc(C=Nc2ccc3c4cccc5cccc(c6cccc2c63)c54)cc1. The standard InChI is InChI=1S/C29H19N/c1-2-19-12-14-20(15-13-19)18-30-27-17-16-25-23-9-4-7-21-6-3-8-22(28(21)23)24-10-5-11-26(27)29(24)25/h2-18H,1H2. The molecular formula is C29H19N. The molecule has 0 saturated carbocycles. The molecule has 0 spiro atoms. The second-order valence-corrected chi connectivity index (χ2v) is 7.70. The first-order chi connectivity index (χ1) is 14.8. The van der Waals surface area contributed by atoms with Crippen molar-refractivity contribution in [3.63, 3.8) is 0 Å². The number of rotatable bonds is 3. The first-order valence-electron chi connectivity index (χ1n) is 10.2. The van der Waals surface area contributed by atoms with E-state index in [1.807, 2.05) is 12.3 Å². The van der Waals surface area contributed by atoms with Crippen molar-refractivity contribution in [1.29, 1.82) is 0 Å². The Bertz CT molecular complexity index is 1540. The van der Waals surface area contributed by atoms with Crippen molar-refractivity contribution in [2.75, 3.05) is 0 Å². The number of aliphatic imine (C=N–C) groups is 1. The first-order valence-corrected chi connectivity index (χ1v) is 10.2. The lowest BCUT2D eigenvalue weighted by Crippen LogP contribution is -1.87. The fraction of sp³-hybridized carbons (Fsp3) is 0. The van der Waals surface area contributed by atoms with Crippen LogP contribution in [0.5, 0.6) is 0 Å². The van der Waals surface area contributed by atoms with Gasteiger partial charge >= 0.3 is 0 Å². The Morgan fingerprint density at radius 3 is 1.80 bits per heavy atom. The van der Waals surface area contributed by atoms with Crippen LogP contribution in [0.15, 0.2) is 103 Å². The van der Waals surface area contributed by atoms with Crippen LogP contribution in [0.3, 0.4) is 0 Å². The molecule has 0 bridgehead atoms. The summed E-state index contributed by atoms with van der Waals surface area (Å²) in [6.45, 7) is 3.81. The van der Waals surface area contributed by atoms with Gasteiger partial charge in [-0.1, -0.05) is 97.6 Å². The predicted molar refractivity (Wildman–Crippen MR) is 131 cm³/mol. The summed E-state index contributed by atoms with van der Waals surface area (Å²) in [4.78, 5) is 4.85. The fourth-order valence-corrected chi connectivity index (χ4v) is 4.60. The molecule has 1 nitrogen and oxygen atoms in total. The molecule has 6 rings (SSSR count). The van der Waals surface area contributed by atoms with Crippen molar-refractivity contribution in [2.24, 2.45) is 4.99 Å². The zero-order chi connectivity index (χ0) is 20.1. The molecule has 6 aromatic carbocycles. The van der Waals surface area contributed by atoms with Gasteiger partial charge in [0, 0.05) is 11.6 Å². The maximum Gasteiger partial charge on any atom is 0.0708 e. The van der Waals surface area contributed by atoms with E-state index in [0.717, 1.165) is 16.8 Å². The Morgan fingerprint density at radius 2 is 1.10 bits per heavy atom. The van der Waals surface area contributed by atoms with Crippen LogP contribution in [0, 0.1) is 0 Å². The normalized spacial score (nSPS) is 12.0. The van der Waals surface area contributed by atoms with Crippen LogP contribution >= 0.6 is 0 Å². The molecule has 0 unspecified atom stereocenters. The molecule has 0 N–H and O–H groups in total. The van der Waals surface area contributed by atoms with Crippen LogP contribution in [0.2, 0.25) is 0 Å². The molecular weight excluding hydrogens is 362 g/mol. The maximum atomic E-state index is 4.85. The van der Waals surface area contributed by atoms with Gasteiger partial charge in [-0.15, -0.1) is 0 Å². The van der Waals surface area contributed by atoms with Gasteiger partial charge in [0.25, 0.3) is 0 Å². The minimum Gasteiger partial charge on any atom is -0.256 e. The molecule has 0 aliphatic heterocycles. The predicted octanol–water partition coefficient (Wildman–Crippen LogP) is 8.13. The molecule has 0 amide bonds. The molecule has 140 valence electrons. The third-order valence-corrected chi connectivity index (χ3v) is 6.03. The Balaban J connectivity index is 1.63. The topological polar surface area (TPSA) is 12.4 Å². The molecule has 6 aromatic rings. The molecule has 0 aromatic heterocycles. The van der Waals surface area contributed by atoms with Crippen LogP contribution in [-0.4, -0.2) is 6.21 Å². The number of fused-ring (bicyclic) bond motifs is 2. The summed E-state index contributed by atoms with van der Waals surface area (Å²) >= 11 is 0. The lowest BCUT2D eigenvalue weighted by Gasteiger charge is -2.15. The molecule has 0 aliphatic carbocycles. The van der Waals surface area contributed by atoms with Crippen molar-refractivity contribution in [1.82, 2.24) is 0 Å². The summed E-state index contributed by atoms with van der Waals surface area (Å²) in [6.07, 6.45) is 3.79. The van der Waals surface area contributed by atoms with Gasteiger partial charge in [-0.3, -0.25) is 4.99 Å². The molecule has 0 heterocycles. The van der Waals surface area contributed by atoms with Crippen LogP contribution in [0.25, 0.3) is 49.2 Å². The Hall–Kier alpha value is -3.97. The highest BCUT2D eigenvalue weighted by atomic mass is 14.7. The van der Waals surface area contributed by atoms with Gasteiger partial charge in [0.15, 0.2) is 0 Å². The summed E-state index contributed by atoms with van der Waals surface area (Å²) in [5.74, 6) is 0. The number of hydrogen-bond donors (Lipinski definition) is 0. The van der Waals surface area contributed by atoms with Gasteiger partial charge in [-0.25, -0.2) is 0 Å². The van der Waals surface area contributed by atoms with Crippen LogP contribution < -0.4 is 0 Å². The third-order valence-electron chi connectivity index (χ3n) is 6.03. The number of hydrogen-bond acceptors (Lipinski definition) is 1. The van der Waals surface area contributed by atoms with E-state index in [-0.39, 0.29) is 0 Å². The van der Waals surface area contributed by atoms with Gasteiger partial charge in [-0.2, -0.15) is 0 Å². The zero-order valence-corrected chi connectivity index (χ0v) is 16.5. The van der Waals surface area contributed by atoms with Crippen LogP contribution in [0.1, 0.15) is 11.1 Å². The summed E-state index contributed by atoms with van der Waals surface area (Å²) in [7, 11) is 0. The van der Waals surface area contributed by atoms with Crippen molar-refractivity contribution >= 4 is 61.1 Å². The van der Waals surface area contributed by atoms with E-state index < -0.39 is 0 Å². The summed E-state index contributed by atoms with van der Waals surface area (Å²) in [5, 5.41) is 10.3. The highest BCUT2D eigenvalue weighted by Crippen LogP contribution is 2.42. The van der Waals surface area contributed by atoms with E-state index in [1.165, 1.54) is 43.1 Å². The van der Waals surface area contributed by atoms with E-state index in [2.05, 4.69) is 97.6 Å². The quantitative estimate of drug-likeness (QED) is 0.167. The minimum atomic E-state index is 0.995. The summed E-state index contributed by atoms with van der Waals surface area (Å²) < 4.78 is 0. The van der Waals surface area contributed by atoms with E-state index in [9.17, 15) is 0 Å². The smallest absolute Gasteiger partial charge is 0.0708 e. The Labute approximate surface area is 174 Å². The monoisotopic (exact) mass is 381 g/mol. The van der Waals surface area contributed by atoms with Gasteiger partial charge in [0.2, 0.25) is 0 Å². The maximum absolute atomic E-state index is 4.85. The lowest BCUT2D eigenvalue weighted by atomic mass is 9.89. The minimum absolute atomic E-state index is 0.995. The van der Waals surface area contributed by atoms with Crippen molar-refractivity contribution in [2.45, 2.75) is 0 Å². The molecule has 0 fully saturated rings. The van der Waals surface area contributed by atoms with Crippen molar-refractivity contribution < 1.29 is 0 Å². The zero-order valence-electron chi connectivity index (χ0n) is 16.5. The molecule has 0 atom stereocenters. The van der Waals surface area contributed by atoms with Crippen LogP contribution in [0.4, 0.5) is 5.69 Å². The van der Waals surface area contributed by atoms with Gasteiger partial charge < -0.3 is 0 Å². The average Bonchev–Trinajstić information content (AvgIpc) is 2.81. The highest BCUT2D eigenvalue weighted by Gasteiger charge is 2.13. The van der Waals surface area contributed by atoms with Gasteiger partial charge in [0.1, 0.15) is 0 Å². The Kier molecular flexibility index (Phi) is 3.69. The van der Waals surface area contributed by atoms with E-state index in [4.69, 9.17) is 4.99 Å². The summed E-state index contributed by atoms with van der Waals surface area (Å²) in [5.41, 5.74) is 3.19. The largest absolute Gasteiger partial charge is 0.256 e. The Morgan fingerprint density at radius 1 is 0.533 bits per heavy atom. The summed E-state index contributed by atoms with van der Waals surface area (Å²) in [6, 6.07) is 32.4. The van der Waals surface area contributed by atoms with Gasteiger partial charge in [-0.05, 0) is 54.9 Å². The van der Waals surface area contributed by atoms with Crippen LogP contribution in [-0.2, 0) is 0 Å². The van der Waals surface area contributed by atoms with Crippen molar-refractivity contribution in [3.8, 4) is 0 Å². The number of benzene rings is 6. The van der Waals surface area contributed by atoms with E-state index in [1.54, 1.807) is 0 Å². The molecule has 30 heavy (non-hydrogen) atoms. The van der Waals surface area contributed by atoms with Gasteiger partial charge in [0.05, 0.1) is 5.69 Å². The fourth-order valence-electron chi connectivity index (χ4n) is 4.60.